The summed E-state index contributed by atoms with van der Waals surface area (Å²) >= 11 is 1.81. The van der Waals surface area contributed by atoms with Gasteiger partial charge in [-0.1, -0.05) is 30.3 Å². The molecule has 0 radical (unpaired) electrons. The number of hydrogen-bond donors (Lipinski definition) is 1. The molecule has 2 aliphatic rings. The standard InChI is InChI=1S/C22H20N2O3S/c25-21(23-16-6-7-18-19(12-16)27-14-26-18)13-24-10-8-20-17(9-11-28-20)22(24)15-4-2-1-3-5-15/h1-7,9,11-12,22H,8,10,13-14H2,(H,23,25)/t22-/m0/s1. The molecule has 0 fully saturated rings. The Hall–Kier alpha value is -2.83. The molecule has 1 aromatic heterocycles. The lowest BCUT2D eigenvalue weighted by atomic mass is 9.93. The molecule has 6 heteroatoms. The number of nitrogens with zero attached hydrogens (tertiary/aromatic N) is 1. The van der Waals surface area contributed by atoms with Gasteiger partial charge in [-0.3, -0.25) is 9.69 Å². The van der Waals surface area contributed by atoms with Crippen molar-refractivity contribution in [3.05, 3.63) is 76.0 Å². The number of anilines is 1. The molecule has 5 rings (SSSR count). The van der Waals surface area contributed by atoms with Gasteiger partial charge in [-0.15, -0.1) is 11.3 Å². The predicted octanol–water partition coefficient (Wildman–Crippen LogP) is 4.06. The first-order valence-corrected chi connectivity index (χ1v) is 10.2. The summed E-state index contributed by atoms with van der Waals surface area (Å²) in [6, 6.07) is 18.2. The zero-order valence-corrected chi connectivity index (χ0v) is 16.1. The number of carbonyl (C=O) groups is 1. The normalized spacial score (nSPS) is 17.9. The van der Waals surface area contributed by atoms with Crippen LogP contribution in [0.2, 0.25) is 0 Å². The van der Waals surface area contributed by atoms with Crippen LogP contribution in [0, 0.1) is 0 Å². The molecule has 2 aromatic carbocycles. The first-order chi connectivity index (χ1) is 13.8. The zero-order chi connectivity index (χ0) is 18.9. The van der Waals surface area contributed by atoms with Crippen molar-refractivity contribution in [1.29, 1.82) is 0 Å². The molecule has 0 unspecified atom stereocenters. The highest BCUT2D eigenvalue weighted by molar-refractivity contribution is 7.10. The Kier molecular flexibility index (Phi) is 4.50. The third kappa shape index (κ3) is 3.25. The van der Waals surface area contributed by atoms with Crippen molar-refractivity contribution in [2.45, 2.75) is 12.5 Å². The van der Waals surface area contributed by atoms with Gasteiger partial charge < -0.3 is 14.8 Å². The summed E-state index contributed by atoms with van der Waals surface area (Å²) in [6.45, 7) is 1.42. The van der Waals surface area contributed by atoms with Gasteiger partial charge in [0.1, 0.15) is 0 Å². The Morgan fingerprint density at radius 2 is 1.96 bits per heavy atom. The van der Waals surface area contributed by atoms with E-state index in [1.807, 2.05) is 24.3 Å². The van der Waals surface area contributed by atoms with Crippen LogP contribution in [0.15, 0.2) is 60.0 Å². The molecule has 0 saturated carbocycles. The summed E-state index contributed by atoms with van der Waals surface area (Å²) in [5.41, 5.74) is 3.26. The summed E-state index contributed by atoms with van der Waals surface area (Å²) in [4.78, 5) is 16.5. The van der Waals surface area contributed by atoms with Gasteiger partial charge in [0.15, 0.2) is 11.5 Å². The quantitative estimate of drug-likeness (QED) is 0.727. The molecular weight excluding hydrogens is 372 g/mol. The summed E-state index contributed by atoms with van der Waals surface area (Å²) in [5.74, 6) is 1.35. The van der Waals surface area contributed by atoms with E-state index in [1.54, 1.807) is 11.3 Å². The maximum absolute atomic E-state index is 12.8. The van der Waals surface area contributed by atoms with E-state index < -0.39 is 0 Å². The number of hydrogen-bond acceptors (Lipinski definition) is 5. The van der Waals surface area contributed by atoms with E-state index in [1.165, 1.54) is 16.0 Å². The Bertz CT molecular complexity index is 1000. The third-order valence-electron chi connectivity index (χ3n) is 5.18. The maximum Gasteiger partial charge on any atom is 0.238 e. The molecule has 0 bridgehead atoms. The fourth-order valence-electron chi connectivity index (χ4n) is 3.92. The summed E-state index contributed by atoms with van der Waals surface area (Å²) in [6.07, 6.45) is 0.980. The predicted molar refractivity (Wildman–Crippen MR) is 109 cm³/mol. The Morgan fingerprint density at radius 1 is 1.11 bits per heavy atom. The fourth-order valence-corrected chi connectivity index (χ4v) is 4.83. The van der Waals surface area contributed by atoms with Crippen LogP contribution in [-0.2, 0) is 11.2 Å². The van der Waals surface area contributed by atoms with Gasteiger partial charge in [0.05, 0.1) is 12.6 Å². The van der Waals surface area contributed by atoms with Crippen molar-refractivity contribution in [3.8, 4) is 11.5 Å². The minimum absolute atomic E-state index is 0.0292. The number of rotatable bonds is 4. The van der Waals surface area contributed by atoms with Crippen molar-refractivity contribution in [3.63, 3.8) is 0 Å². The molecule has 0 saturated heterocycles. The molecule has 2 aliphatic heterocycles. The molecule has 142 valence electrons. The number of ether oxygens (including phenoxy) is 2. The summed E-state index contributed by atoms with van der Waals surface area (Å²) in [7, 11) is 0. The van der Waals surface area contributed by atoms with Crippen molar-refractivity contribution in [1.82, 2.24) is 4.90 Å². The van der Waals surface area contributed by atoms with Crippen LogP contribution in [0.4, 0.5) is 5.69 Å². The highest BCUT2D eigenvalue weighted by Gasteiger charge is 2.30. The van der Waals surface area contributed by atoms with Crippen LogP contribution in [0.1, 0.15) is 22.0 Å². The van der Waals surface area contributed by atoms with Crippen molar-refractivity contribution >= 4 is 22.9 Å². The van der Waals surface area contributed by atoms with Crippen LogP contribution in [0.3, 0.4) is 0 Å². The Morgan fingerprint density at radius 3 is 2.86 bits per heavy atom. The van der Waals surface area contributed by atoms with Crippen molar-refractivity contribution in [2.24, 2.45) is 0 Å². The average molecular weight is 392 g/mol. The third-order valence-corrected chi connectivity index (χ3v) is 6.18. The number of thiophene rings is 1. The number of carbonyl (C=O) groups excluding carboxylic acids is 1. The Labute approximate surface area is 167 Å². The Balaban J connectivity index is 1.35. The number of fused-ring (bicyclic) bond motifs is 2. The smallest absolute Gasteiger partial charge is 0.238 e. The van der Waals surface area contributed by atoms with E-state index in [9.17, 15) is 4.79 Å². The number of nitrogens with one attached hydrogen (secondary N) is 1. The van der Waals surface area contributed by atoms with E-state index >= 15 is 0 Å². The van der Waals surface area contributed by atoms with E-state index in [0.29, 0.717) is 18.0 Å². The van der Waals surface area contributed by atoms with Gasteiger partial charge in [0.25, 0.3) is 0 Å². The molecule has 1 amide bonds. The molecule has 3 heterocycles. The monoisotopic (exact) mass is 392 g/mol. The second-order valence-electron chi connectivity index (χ2n) is 6.95. The van der Waals surface area contributed by atoms with Crippen molar-refractivity contribution in [2.75, 3.05) is 25.2 Å². The second-order valence-corrected chi connectivity index (χ2v) is 7.95. The zero-order valence-electron chi connectivity index (χ0n) is 15.3. The van der Waals surface area contributed by atoms with Crippen LogP contribution in [0.5, 0.6) is 11.5 Å². The van der Waals surface area contributed by atoms with Gasteiger partial charge in [-0.05, 0) is 41.1 Å². The molecule has 0 spiro atoms. The fraction of sp³-hybridized carbons (Fsp3) is 0.227. The van der Waals surface area contributed by atoms with E-state index in [4.69, 9.17) is 9.47 Å². The lowest BCUT2D eigenvalue weighted by molar-refractivity contribution is -0.117. The number of amides is 1. The summed E-state index contributed by atoms with van der Waals surface area (Å²) in [5, 5.41) is 5.14. The molecule has 3 aromatic rings. The highest BCUT2D eigenvalue weighted by Crippen LogP contribution is 2.38. The molecule has 0 aliphatic carbocycles. The van der Waals surface area contributed by atoms with E-state index in [2.05, 4.69) is 45.9 Å². The first-order valence-electron chi connectivity index (χ1n) is 9.33. The van der Waals surface area contributed by atoms with Gasteiger partial charge in [-0.2, -0.15) is 0 Å². The SMILES string of the molecule is O=C(CN1CCc2sccc2[C@@H]1c1ccccc1)Nc1ccc2c(c1)OCO2. The first kappa shape index (κ1) is 17.3. The van der Waals surface area contributed by atoms with Crippen molar-refractivity contribution < 1.29 is 14.3 Å². The highest BCUT2D eigenvalue weighted by atomic mass is 32.1. The molecule has 1 N–H and O–H groups in total. The van der Waals surface area contributed by atoms with Crippen LogP contribution in [-0.4, -0.2) is 30.7 Å². The lowest BCUT2D eigenvalue weighted by Crippen LogP contribution is -2.40. The summed E-state index contributed by atoms with van der Waals surface area (Å²) < 4.78 is 10.7. The molecule has 5 nitrogen and oxygen atoms in total. The van der Waals surface area contributed by atoms with Crippen LogP contribution < -0.4 is 14.8 Å². The van der Waals surface area contributed by atoms with Gasteiger partial charge in [-0.25, -0.2) is 0 Å². The largest absolute Gasteiger partial charge is 0.454 e. The second kappa shape index (κ2) is 7.30. The molecule has 1 atom stereocenters. The topological polar surface area (TPSA) is 50.8 Å². The van der Waals surface area contributed by atoms with Gasteiger partial charge in [0, 0.05) is 23.2 Å². The minimum atomic E-state index is -0.0292. The molecular formula is C22H20N2O3S. The van der Waals surface area contributed by atoms with Crippen LogP contribution in [0.25, 0.3) is 0 Å². The van der Waals surface area contributed by atoms with Gasteiger partial charge in [0.2, 0.25) is 12.7 Å². The van der Waals surface area contributed by atoms with E-state index in [0.717, 1.165) is 18.7 Å². The number of benzene rings is 2. The minimum Gasteiger partial charge on any atom is -0.454 e. The maximum atomic E-state index is 12.8. The molecule has 28 heavy (non-hydrogen) atoms. The van der Waals surface area contributed by atoms with Crippen LogP contribution >= 0.6 is 11.3 Å². The lowest BCUT2D eigenvalue weighted by Gasteiger charge is -2.35. The average Bonchev–Trinajstić information content (AvgIpc) is 3.37. The van der Waals surface area contributed by atoms with E-state index in [-0.39, 0.29) is 18.7 Å². The van der Waals surface area contributed by atoms with Gasteiger partial charge >= 0.3 is 0 Å².